The maximum absolute atomic E-state index is 12.4. The molecule has 1 fully saturated rings. The standard InChI is InChI=1S/C19H18N4O5/c24-18(20-13-3-5-14(6-4-13)21-9-1-2-10-21)12-22-16-11-15(23(26)27)7-8-17(16)28-19(22)25/h3-8,11H,1-2,9-10,12H2,(H,20,24). The predicted molar refractivity (Wildman–Crippen MR) is 104 cm³/mol. The number of fused-ring (bicyclic) bond motifs is 1. The SMILES string of the molecule is O=C(Cn1c(=O)oc2ccc([N+](=O)[O-])cc21)Nc1ccc(N2CCCC2)cc1. The van der Waals surface area contributed by atoms with Crippen LogP contribution in [-0.4, -0.2) is 28.5 Å². The van der Waals surface area contributed by atoms with Crippen LogP contribution in [0.2, 0.25) is 0 Å². The molecule has 144 valence electrons. The number of rotatable bonds is 5. The van der Waals surface area contributed by atoms with Crippen LogP contribution in [0.5, 0.6) is 0 Å². The van der Waals surface area contributed by atoms with Crippen LogP contribution in [0.15, 0.2) is 51.7 Å². The molecule has 0 unspecified atom stereocenters. The first-order chi connectivity index (χ1) is 13.5. The minimum atomic E-state index is -0.741. The largest absolute Gasteiger partial charge is 0.420 e. The number of aromatic nitrogens is 1. The van der Waals surface area contributed by atoms with Crippen molar-refractivity contribution in [2.45, 2.75) is 19.4 Å². The highest BCUT2D eigenvalue weighted by atomic mass is 16.6. The molecule has 1 aliphatic rings. The Morgan fingerprint density at radius 3 is 2.54 bits per heavy atom. The van der Waals surface area contributed by atoms with Crippen molar-refractivity contribution < 1.29 is 14.1 Å². The molecule has 0 atom stereocenters. The van der Waals surface area contributed by atoms with Gasteiger partial charge in [0, 0.05) is 36.6 Å². The monoisotopic (exact) mass is 382 g/mol. The molecule has 9 nitrogen and oxygen atoms in total. The lowest BCUT2D eigenvalue weighted by atomic mass is 10.2. The van der Waals surface area contributed by atoms with Crippen LogP contribution < -0.4 is 16.0 Å². The van der Waals surface area contributed by atoms with Crippen molar-refractivity contribution in [2.24, 2.45) is 0 Å². The van der Waals surface area contributed by atoms with Gasteiger partial charge < -0.3 is 14.6 Å². The number of nitrogens with zero attached hydrogens (tertiary/aromatic N) is 3. The summed E-state index contributed by atoms with van der Waals surface area (Å²) in [5, 5.41) is 13.7. The van der Waals surface area contributed by atoms with Gasteiger partial charge in [-0.2, -0.15) is 0 Å². The van der Waals surface area contributed by atoms with Crippen LogP contribution >= 0.6 is 0 Å². The summed E-state index contributed by atoms with van der Waals surface area (Å²) in [4.78, 5) is 37.1. The van der Waals surface area contributed by atoms with Gasteiger partial charge >= 0.3 is 5.76 Å². The molecular weight excluding hydrogens is 364 g/mol. The quantitative estimate of drug-likeness (QED) is 0.537. The van der Waals surface area contributed by atoms with Crippen molar-refractivity contribution in [3.8, 4) is 0 Å². The maximum atomic E-state index is 12.4. The molecule has 9 heteroatoms. The molecule has 0 spiro atoms. The van der Waals surface area contributed by atoms with Crippen molar-refractivity contribution in [1.29, 1.82) is 0 Å². The number of amides is 1. The first kappa shape index (κ1) is 17.8. The molecule has 28 heavy (non-hydrogen) atoms. The summed E-state index contributed by atoms with van der Waals surface area (Å²) in [6, 6.07) is 11.3. The predicted octanol–water partition coefficient (Wildman–Crippen LogP) is 2.74. The second kappa shape index (κ2) is 7.18. The number of nitro groups is 1. The Morgan fingerprint density at radius 1 is 1.14 bits per heavy atom. The van der Waals surface area contributed by atoms with Gasteiger partial charge in [0.2, 0.25) is 5.91 Å². The summed E-state index contributed by atoms with van der Waals surface area (Å²) >= 11 is 0. The minimum Gasteiger partial charge on any atom is -0.408 e. The molecule has 3 aromatic rings. The summed E-state index contributed by atoms with van der Waals surface area (Å²) in [5.41, 5.74) is 1.94. The van der Waals surface area contributed by atoms with Crippen LogP contribution in [0.3, 0.4) is 0 Å². The van der Waals surface area contributed by atoms with Gasteiger partial charge in [-0.05, 0) is 43.2 Å². The second-order valence-electron chi connectivity index (χ2n) is 6.65. The molecular formula is C19H18N4O5. The highest BCUT2D eigenvalue weighted by molar-refractivity contribution is 5.91. The Balaban J connectivity index is 1.50. The number of nitro benzene ring substituents is 1. The van der Waals surface area contributed by atoms with Crippen LogP contribution in [-0.2, 0) is 11.3 Å². The number of anilines is 2. The van der Waals surface area contributed by atoms with Crippen LogP contribution in [0, 0.1) is 10.1 Å². The topological polar surface area (TPSA) is 111 Å². The number of benzene rings is 2. The molecule has 2 heterocycles. The lowest BCUT2D eigenvalue weighted by Crippen LogP contribution is -2.24. The Morgan fingerprint density at radius 2 is 1.86 bits per heavy atom. The van der Waals surface area contributed by atoms with E-state index in [1.54, 1.807) is 0 Å². The van der Waals surface area contributed by atoms with E-state index in [2.05, 4.69) is 10.2 Å². The second-order valence-corrected chi connectivity index (χ2v) is 6.65. The number of carbonyl (C=O) groups excluding carboxylic acids is 1. The van der Waals surface area contributed by atoms with Gasteiger partial charge in [-0.25, -0.2) is 4.79 Å². The lowest BCUT2D eigenvalue weighted by Gasteiger charge is -2.17. The zero-order chi connectivity index (χ0) is 19.7. The number of nitrogens with one attached hydrogen (secondary N) is 1. The summed E-state index contributed by atoms with van der Waals surface area (Å²) in [7, 11) is 0. The van der Waals surface area contributed by atoms with E-state index in [9.17, 15) is 19.7 Å². The fourth-order valence-electron chi connectivity index (χ4n) is 3.39. The molecule has 1 saturated heterocycles. The number of hydrogen-bond acceptors (Lipinski definition) is 6. The van der Waals surface area contributed by atoms with E-state index in [1.165, 1.54) is 31.0 Å². The van der Waals surface area contributed by atoms with Crippen LogP contribution in [0.25, 0.3) is 11.1 Å². The Labute approximate surface area is 159 Å². The molecule has 0 bridgehead atoms. The zero-order valence-electron chi connectivity index (χ0n) is 15.0. The van der Waals surface area contributed by atoms with Gasteiger partial charge in [0.15, 0.2) is 5.58 Å². The Hall–Kier alpha value is -3.62. The molecule has 1 amide bonds. The van der Waals surface area contributed by atoms with E-state index < -0.39 is 16.6 Å². The van der Waals surface area contributed by atoms with E-state index in [4.69, 9.17) is 4.42 Å². The third-order valence-electron chi connectivity index (χ3n) is 4.79. The molecule has 0 saturated carbocycles. The molecule has 1 N–H and O–H groups in total. The molecule has 0 aliphatic carbocycles. The van der Waals surface area contributed by atoms with Crippen molar-refractivity contribution in [3.05, 3.63) is 63.1 Å². The van der Waals surface area contributed by atoms with Crippen LogP contribution in [0.1, 0.15) is 12.8 Å². The van der Waals surface area contributed by atoms with E-state index >= 15 is 0 Å². The lowest BCUT2D eigenvalue weighted by molar-refractivity contribution is -0.384. The summed E-state index contributed by atoms with van der Waals surface area (Å²) in [5.74, 6) is -1.17. The van der Waals surface area contributed by atoms with Crippen molar-refractivity contribution in [3.63, 3.8) is 0 Å². The van der Waals surface area contributed by atoms with E-state index in [-0.39, 0.29) is 23.3 Å². The fraction of sp³-hybridized carbons (Fsp3) is 0.263. The number of oxazole rings is 1. The van der Waals surface area contributed by atoms with Gasteiger partial charge in [-0.1, -0.05) is 0 Å². The van der Waals surface area contributed by atoms with Crippen molar-refractivity contribution in [2.75, 3.05) is 23.3 Å². The highest BCUT2D eigenvalue weighted by Crippen LogP contribution is 2.23. The normalized spacial score (nSPS) is 13.8. The maximum Gasteiger partial charge on any atom is 0.420 e. The number of carbonyl (C=O) groups is 1. The average Bonchev–Trinajstić information content (AvgIpc) is 3.31. The third kappa shape index (κ3) is 3.46. The summed E-state index contributed by atoms with van der Waals surface area (Å²) in [6.07, 6.45) is 2.37. The molecule has 1 aromatic heterocycles. The number of hydrogen-bond donors (Lipinski definition) is 1. The van der Waals surface area contributed by atoms with E-state index in [1.807, 2.05) is 24.3 Å². The van der Waals surface area contributed by atoms with Gasteiger partial charge in [-0.3, -0.25) is 19.5 Å². The summed E-state index contributed by atoms with van der Waals surface area (Å²) < 4.78 is 6.14. The Kier molecular flexibility index (Phi) is 4.56. The third-order valence-corrected chi connectivity index (χ3v) is 4.79. The minimum absolute atomic E-state index is 0.181. The van der Waals surface area contributed by atoms with Crippen molar-refractivity contribution in [1.82, 2.24) is 4.57 Å². The fourth-order valence-corrected chi connectivity index (χ4v) is 3.39. The van der Waals surface area contributed by atoms with Crippen LogP contribution in [0.4, 0.5) is 17.1 Å². The summed E-state index contributed by atoms with van der Waals surface area (Å²) in [6.45, 7) is 1.77. The Bertz CT molecular complexity index is 1090. The average molecular weight is 382 g/mol. The van der Waals surface area contributed by atoms with E-state index in [0.29, 0.717) is 5.69 Å². The molecule has 4 rings (SSSR count). The zero-order valence-corrected chi connectivity index (χ0v) is 15.0. The van der Waals surface area contributed by atoms with Gasteiger partial charge in [0.25, 0.3) is 5.69 Å². The first-order valence-electron chi connectivity index (χ1n) is 8.94. The van der Waals surface area contributed by atoms with Gasteiger partial charge in [-0.15, -0.1) is 0 Å². The smallest absolute Gasteiger partial charge is 0.408 e. The van der Waals surface area contributed by atoms with E-state index in [0.717, 1.165) is 23.3 Å². The molecule has 2 aromatic carbocycles. The van der Waals surface area contributed by atoms with Gasteiger partial charge in [0.05, 0.1) is 10.4 Å². The van der Waals surface area contributed by atoms with Gasteiger partial charge in [0.1, 0.15) is 6.54 Å². The van der Waals surface area contributed by atoms with Crippen molar-refractivity contribution >= 4 is 34.1 Å². The first-order valence-corrected chi connectivity index (χ1v) is 8.94. The highest BCUT2D eigenvalue weighted by Gasteiger charge is 2.17. The number of non-ortho nitro benzene ring substituents is 1. The molecule has 1 aliphatic heterocycles. The molecule has 0 radical (unpaired) electrons.